The lowest BCUT2D eigenvalue weighted by Crippen LogP contribution is -2.38. The zero-order valence-corrected chi connectivity index (χ0v) is 18.3. The largest absolute Gasteiger partial charge is 0.480 e. The Bertz CT molecular complexity index is 1570. The van der Waals surface area contributed by atoms with E-state index in [0.29, 0.717) is 21.9 Å². The number of hydrogen-bond donors (Lipinski definition) is 4. The highest BCUT2D eigenvalue weighted by Gasteiger charge is 2.35. The van der Waals surface area contributed by atoms with Crippen molar-refractivity contribution in [2.75, 3.05) is 5.32 Å². The van der Waals surface area contributed by atoms with Crippen LogP contribution in [0.3, 0.4) is 0 Å². The topological polar surface area (TPSA) is 138 Å². The van der Waals surface area contributed by atoms with Gasteiger partial charge >= 0.3 is 29.3 Å². The lowest BCUT2D eigenvalue weighted by Gasteiger charge is -2.17. The van der Waals surface area contributed by atoms with Gasteiger partial charge in [0.25, 0.3) is 0 Å². The Morgan fingerprint density at radius 1 is 1.06 bits per heavy atom. The standard InChI is InChI=1S/C23H18F3N5O5/c24-23(25,26)15-8-16-18(31(12-19(32)33)21(35)20(34)29-16)9-17(15)30-7-6-13(11-30)10-27-22(36)28-14-4-2-1-3-5-14/h1-9,11H,10,12H2,(H,29,34)(H,32,33)(H2,27,28,36). The molecule has 0 saturated carbocycles. The maximum Gasteiger partial charge on any atom is 0.418 e. The third-order valence-corrected chi connectivity index (χ3v) is 5.21. The van der Waals surface area contributed by atoms with Crippen LogP contribution in [0.25, 0.3) is 16.7 Å². The molecule has 0 aliphatic heterocycles. The SMILES string of the molecule is O=C(O)Cn1c(=O)c(=O)[nH]c2cc(C(F)(F)F)c(-n3ccc(CNC(=O)Nc4ccccc4)c3)cc21. The number of aliphatic carboxylic acids is 1. The van der Waals surface area contributed by atoms with Crippen LogP contribution in [-0.4, -0.2) is 31.2 Å². The van der Waals surface area contributed by atoms with Gasteiger partial charge in [0.15, 0.2) is 0 Å². The predicted molar refractivity (Wildman–Crippen MR) is 123 cm³/mol. The first-order valence-electron chi connectivity index (χ1n) is 10.4. The van der Waals surface area contributed by atoms with Gasteiger partial charge in [0.2, 0.25) is 0 Å². The number of H-pyrrole nitrogens is 1. The van der Waals surface area contributed by atoms with Crippen molar-refractivity contribution in [1.29, 1.82) is 0 Å². The number of aromatic nitrogens is 3. The number of carboxylic acid groups (broad SMARTS) is 1. The molecule has 0 bridgehead atoms. The van der Waals surface area contributed by atoms with E-state index in [9.17, 15) is 32.3 Å². The molecular weight excluding hydrogens is 483 g/mol. The van der Waals surface area contributed by atoms with Crippen molar-refractivity contribution in [3.63, 3.8) is 0 Å². The molecule has 0 atom stereocenters. The fourth-order valence-electron chi connectivity index (χ4n) is 3.62. The van der Waals surface area contributed by atoms with Gasteiger partial charge in [-0.15, -0.1) is 0 Å². The van der Waals surface area contributed by atoms with Crippen LogP contribution in [0.2, 0.25) is 0 Å². The highest BCUT2D eigenvalue weighted by Crippen LogP contribution is 2.36. The van der Waals surface area contributed by atoms with Crippen LogP contribution < -0.4 is 21.8 Å². The number of anilines is 1. The number of hydrogen-bond acceptors (Lipinski definition) is 4. The molecule has 0 fully saturated rings. The third-order valence-electron chi connectivity index (χ3n) is 5.21. The number of rotatable bonds is 6. The smallest absolute Gasteiger partial charge is 0.418 e. The summed E-state index contributed by atoms with van der Waals surface area (Å²) in [6.45, 7) is -0.918. The Morgan fingerprint density at radius 3 is 2.44 bits per heavy atom. The first-order chi connectivity index (χ1) is 17.0. The summed E-state index contributed by atoms with van der Waals surface area (Å²) >= 11 is 0. The molecule has 0 radical (unpaired) electrons. The molecule has 0 aliphatic rings. The van der Waals surface area contributed by atoms with Crippen LogP contribution >= 0.6 is 0 Å². The molecule has 4 rings (SSSR count). The van der Waals surface area contributed by atoms with Gasteiger partial charge < -0.3 is 25.3 Å². The summed E-state index contributed by atoms with van der Waals surface area (Å²) in [5, 5.41) is 14.3. The molecule has 2 heterocycles. The second-order valence-corrected chi connectivity index (χ2v) is 7.72. The van der Waals surface area contributed by atoms with Gasteiger partial charge in [-0.2, -0.15) is 13.2 Å². The minimum absolute atomic E-state index is 0.00234. The van der Waals surface area contributed by atoms with E-state index < -0.39 is 47.1 Å². The van der Waals surface area contributed by atoms with E-state index in [1.54, 1.807) is 30.3 Å². The zero-order chi connectivity index (χ0) is 26.0. The normalized spacial score (nSPS) is 11.4. The average Bonchev–Trinajstić information content (AvgIpc) is 3.29. The second-order valence-electron chi connectivity index (χ2n) is 7.72. The number of nitrogens with zero attached hydrogens (tertiary/aromatic N) is 2. The molecule has 0 aliphatic carbocycles. The number of nitrogens with one attached hydrogen (secondary N) is 3. The van der Waals surface area contributed by atoms with E-state index in [0.717, 1.165) is 10.6 Å². The van der Waals surface area contributed by atoms with E-state index in [1.165, 1.54) is 18.5 Å². The van der Waals surface area contributed by atoms with E-state index in [-0.39, 0.29) is 17.6 Å². The summed E-state index contributed by atoms with van der Waals surface area (Å²) in [5.41, 5.74) is -3.49. The highest BCUT2D eigenvalue weighted by atomic mass is 19.4. The van der Waals surface area contributed by atoms with Crippen molar-refractivity contribution in [3.05, 3.63) is 92.8 Å². The quantitative estimate of drug-likeness (QED) is 0.301. The molecule has 36 heavy (non-hydrogen) atoms. The van der Waals surface area contributed by atoms with Gasteiger partial charge in [0.05, 0.1) is 22.3 Å². The summed E-state index contributed by atoms with van der Waals surface area (Å²) in [4.78, 5) is 49.5. The molecular formula is C23H18F3N5O5. The number of carbonyl (C=O) groups is 2. The van der Waals surface area contributed by atoms with Gasteiger partial charge in [-0.1, -0.05) is 18.2 Å². The van der Waals surface area contributed by atoms with E-state index in [1.807, 2.05) is 0 Å². The molecule has 0 spiro atoms. The molecule has 4 N–H and O–H groups in total. The number of carboxylic acids is 1. The third kappa shape index (κ3) is 5.14. The lowest BCUT2D eigenvalue weighted by atomic mass is 10.1. The minimum atomic E-state index is -4.84. The van der Waals surface area contributed by atoms with Crippen LogP contribution in [0.15, 0.2) is 70.5 Å². The molecule has 0 unspecified atom stereocenters. The van der Waals surface area contributed by atoms with Crippen molar-refractivity contribution in [2.24, 2.45) is 0 Å². The number of urea groups is 1. The Hall–Kier alpha value is -4.81. The average molecular weight is 501 g/mol. The van der Waals surface area contributed by atoms with Crippen LogP contribution in [0.4, 0.5) is 23.7 Å². The number of halogens is 3. The highest BCUT2D eigenvalue weighted by molar-refractivity contribution is 5.89. The van der Waals surface area contributed by atoms with Crippen LogP contribution in [0.1, 0.15) is 11.1 Å². The monoisotopic (exact) mass is 501 g/mol. The molecule has 2 amide bonds. The predicted octanol–water partition coefficient (Wildman–Crippen LogP) is 2.91. The van der Waals surface area contributed by atoms with Crippen LogP contribution in [-0.2, 0) is 24.1 Å². The molecule has 10 nitrogen and oxygen atoms in total. The summed E-state index contributed by atoms with van der Waals surface area (Å²) < 4.78 is 43.4. The van der Waals surface area contributed by atoms with Crippen molar-refractivity contribution >= 4 is 28.7 Å². The molecule has 0 saturated heterocycles. The van der Waals surface area contributed by atoms with Crippen molar-refractivity contribution < 1.29 is 27.9 Å². The second kappa shape index (κ2) is 9.44. The minimum Gasteiger partial charge on any atom is -0.480 e. The molecule has 2 aromatic carbocycles. The van der Waals surface area contributed by atoms with Crippen molar-refractivity contribution in [2.45, 2.75) is 19.3 Å². The number of fused-ring (bicyclic) bond motifs is 1. The van der Waals surface area contributed by atoms with Gasteiger partial charge in [-0.05, 0) is 35.9 Å². The Labute approximate surface area is 199 Å². The number of carbonyl (C=O) groups excluding carboxylic acids is 1. The van der Waals surface area contributed by atoms with Crippen LogP contribution in [0.5, 0.6) is 0 Å². The summed E-state index contributed by atoms with van der Waals surface area (Å²) in [6, 6.07) is 11.2. The molecule has 2 aromatic heterocycles. The maximum absolute atomic E-state index is 13.9. The van der Waals surface area contributed by atoms with Gasteiger partial charge in [0, 0.05) is 24.6 Å². The number of alkyl halides is 3. The Morgan fingerprint density at radius 2 is 1.78 bits per heavy atom. The van der Waals surface area contributed by atoms with Gasteiger partial charge in [-0.25, -0.2) is 4.79 Å². The first-order valence-corrected chi connectivity index (χ1v) is 10.4. The Kier molecular flexibility index (Phi) is 6.38. The zero-order valence-electron chi connectivity index (χ0n) is 18.3. The van der Waals surface area contributed by atoms with Gasteiger partial charge in [-0.3, -0.25) is 19.0 Å². The van der Waals surface area contributed by atoms with Crippen LogP contribution in [0, 0.1) is 0 Å². The first kappa shape index (κ1) is 24.3. The number of para-hydroxylation sites is 1. The van der Waals surface area contributed by atoms with E-state index in [4.69, 9.17) is 5.11 Å². The van der Waals surface area contributed by atoms with E-state index in [2.05, 4.69) is 15.6 Å². The molecule has 4 aromatic rings. The summed E-state index contributed by atoms with van der Waals surface area (Å²) in [6.07, 6.45) is -2.16. The fourth-order valence-corrected chi connectivity index (χ4v) is 3.62. The molecule has 13 heteroatoms. The van der Waals surface area contributed by atoms with E-state index >= 15 is 0 Å². The fraction of sp³-hybridized carbons (Fsp3) is 0.130. The van der Waals surface area contributed by atoms with Crippen molar-refractivity contribution in [3.8, 4) is 5.69 Å². The van der Waals surface area contributed by atoms with Crippen molar-refractivity contribution in [1.82, 2.24) is 19.4 Å². The summed E-state index contributed by atoms with van der Waals surface area (Å²) in [5.74, 6) is -1.45. The number of aromatic amines is 1. The maximum atomic E-state index is 13.9. The number of amides is 2. The molecule has 186 valence electrons. The van der Waals surface area contributed by atoms with Gasteiger partial charge in [0.1, 0.15) is 6.54 Å². The number of benzene rings is 2. The Balaban J connectivity index is 1.70. The summed E-state index contributed by atoms with van der Waals surface area (Å²) in [7, 11) is 0. The lowest BCUT2D eigenvalue weighted by molar-refractivity contribution is -0.138.